The molecule has 2 aliphatic rings. The Bertz CT molecular complexity index is 1790. The monoisotopic (exact) mass is 530 g/mol. The second-order valence-corrected chi connectivity index (χ2v) is 11.9. The van der Waals surface area contributed by atoms with Gasteiger partial charge in [0.05, 0.1) is 39.3 Å². The van der Waals surface area contributed by atoms with E-state index in [0.29, 0.717) is 46.6 Å². The summed E-state index contributed by atoms with van der Waals surface area (Å²) in [7, 11) is -3.43. The van der Waals surface area contributed by atoms with Gasteiger partial charge in [-0.3, -0.25) is 9.69 Å². The molecule has 192 valence electrons. The molecule has 10 heteroatoms. The Morgan fingerprint density at radius 3 is 2.68 bits per heavy atom. The van der Waals surface area contributed by atoms with Crippen LogP contribution in [0, 0.1) is 24.1 Å². The molecule has 1 aliphatic carbocycles. The zero-order valence-electron chi connectivity index (χ0n) is 20.7. The third-order valence-electron chi connectivity index (χ3n) is 7.04. The van der Waals surface area contributed by atoms with Gasteiger partial charge in [-0.2, -0.15) is 5.26 Å². The van der Waals surface area contributed by atoms with E-state index < -0.39 is 21.8 Å². The fraction of sp³-hybridized carbons (Fsp3) is 0.250. The van der Waals surface area contributed by atoms with Gasteiger partial charge in [-0.1, -0.05) is 12.1 Å². The van der Waals surface area contributed by atoms with Crippen molar-refractivity contribution in [2.45, 2.75) is 49.5 Å². The van der Waals surface area contributed by atoms with Crippen LogP contribution in [0.5, 0.6) is 5.75 Å². The number of halogens is 1. The van der Waals surface area contributed by atoms with E-state index in [1.807, 2.05) is 6.92 Å². The number of sulfone groups is 1. The van der Waals surface area contributed by atoms with Gasteiger partial charge in [0, 0.05) is 6.20 Å². The normalized spacial score (nSPS) is 17.3. The summed E-state index contributed by atoms with van der Waals surface area (Å²) in [6.45, 7) is 3.44. The number of aromatic nitrogens is 2. The van der Waals surface area contributed by atoms with Gasteiger partial charge < -0.3 is 9.14 Å². The number of nitriles is 1. The van der Waals surface area contributed by atoms with Crippen LogP contribution in [-0.4, -0.2) is 35.1 Å². The van der Waals surface area contributed by atoms with E-state index in [2.05, 4.69) is 11.1 Å². The Hall–Kier alpha value is -4.23. The van der Waals surface area contributed by atoms with Gasteiger partial charge in [0.15, 0.2) is 27.5 Å². The maximum Gasteiger partial charge on any atom is 0.268 e. The predicted molar refractivity (Wildman–Crippen MR) is 138 cm³/mol. The molecule has 2 aromatic heterocycles. The smallest absolute Gasteiger partial charge is 0.268 e. The number of fused-ring (bicyclic) bond motifs is 2. The van der Waals surface area contributed by atoms with Gasteiger partial charge in [-0.15, -0.1) is 0 Å². The van der Waals surface area contributed by atoms with Crippen molar-refractivity contribution in [2.24, 2.45) is 0 Å². The van der Waals surface area contributed by atoms with Crippen LogP contribution < -0.4 is 9.64 Å². The number of nitrogens with zero attached hydrogens (tertiary/aromatic N) is 4. The summed E-state index contributed by atoms with van der Waals surface area (Å²) < 4.78 is 48.4. The second-order valence-electron chi connectivity index (χ2n) is 9.66. The minimum atomic E-state index is -3.43. The molecule has 0 radical (unpaired) electrons. The van der Waals surface area contributed by atoms with E-state index >= 15 is 4.39 Å². The highest BCUT2D eigenvalue weighted by Gasteiger charge is 2.37. The minimum absolute atomic E-state index is 0.0493. The summed E-state index contributed by atoms with van der Waals surface area (Å²) >= 11 is 0. The third kappa shape index (κ3) is 3.90. The zero-order valence-corrected chi connectivity index (χ0v) is 21.5. The topological polar surface area (TPSA) is 105 Å². The molecule has 0 N–H and O–H groups in total. The molecule has 6 rings (SSSR count). The number of carbonyl (C=O) groups is 1. The first-order valence-corrected chi connectivity index (χ1v) is 13.8. The summed E-state index contributed by atoms with van der Waals surface area (Å²) in [6, 6.07) is 14.9. The molecule has 1 aliphatic heterocycles. The van der Waals surface area contributed by atoms with Gasteiger partial charge in [0.2, 0.25) is 0 Å². The molecular weight excluding hydrogens is 507 g/mol. The summed E-state index contributed by atoms with van der Waals surface area (Å²) in [6.07, 6.45) is 2.03. The van der Waals surface area contributed by atoms with E-state index in [9.17, 15) is 18.5 Å². The summed E-state index contributed by atoms with van der Waals surface area (Å²) in [4.78, 5) is 19.5. The zero-order chi connectivity index (χ0) is 26.8. The van der Waals surface area contributed by atoms with Crippen LogP contribution in [0.15, 0.2) is 59.6 Å². The van der Waals surface area contributed by atoms with E-state index in [4.69, 9.17) is 4.74 Å². The Morgan fingerprint density at radius 1 is 1.16 bits per heavy atom. The lowest BCUT2D eigenvalue weighted by molar-refractivity contribution is -0.125. The first-order valence-electron chi connectivity index (χ1n) is 12.2. The molecule has 0 bridgehead atoms. The minimum Gasteiger partial charge on any atom is -0.476 e. The first-order chi connectivity index (χ1) is 18.2. The molecule has 1 atom stereocenters. The molecule has 0 saturated heterocycles. The van der Waals surface area contributed by atoms with Gasteiger partial charge in [-0.25, -0.2) is 17.8 Å². The van der Waals surface area contributed by atoms with E-state index in [1.54, 1.807) is 60.0 Å². The number of hydrogen-bond donors (Lipinski definition) is 0. The van der Waals surface area contributed by atoms with Crippen LogP contribution in [0.25, 0.3) is 16.8 Å². The van der Waals surface area contributed by atoms with Crippen LogP contribution in [0.4, 0.5) is 10.1 Å². The number of aryl methyl sites for hydroxylation is 1. The molecule has 1 amide bonds. The van der Waals surface area contributed by atoms with E-state index in [1.165, 1.54) is 11.0 Å². The molecule has 1 saturated carbocycles. The molecule has 4 aromatic rings. The number of carbonyl (C=O) groups excluding carboxylic acids is 1. The highest BCUT2D eigenvalue weighted by Crippen LogP contribution is 2.42. The van der Waals surface area contributed by atoms with E-state index in [-0.39, 0.29) is 34.0 Å². The second kappa shape index (κ2) is 8.67. The third-order valence-corrected chi connectivity index (χ3v) is 9.30. The fourth-order valence-corrected chi connectivity index (χ4v) is 6.53. The SMILES string of the molecule is Cc1nc2ccc(C#N)cn2c1CN1C(=O)[C@@H](C)Oc2c(F)cc(-c3cccc(S(=O)(=O)C4CC4)c3)cc21. The van der Waals surface area contributed by atoms with E-state index in [0.717, 1.165) is 0 Å². The largest absolute Gasteiger partial charge is 0.476 e. The summed E-state index contributed by atoms with van der Waals surface area (Å²) in [5.41, 5.74) is 3.59. The van der Waals surface area contributed by atoms with Crippen LogP contribution in [0.2, 0.25) is 0 Å². The van der Waals surface area contributed by atoms with Crippen molar-refractivity contribution in [3.63, 3.8) is 0 Å². The number of hydrogen-bond acceptors (Lipinski definition) is 6. The molecule has 8 nitrogen and oxygen atoms in total. The lowest BCUT2D eigenvalue weighted by Crippen LogP contribution is -2.44. The highest BCUT2D eigenvalue weighted by molar-refractivity contribution is 7.92. The van der Waals surface area contributed by atoms with Crippen molar-refractivity contribution in [3.05, 3.63) is 77.5 Å². The van der Waals surface area contributed by atoms with Crippen molar-refractivity contribution < 1.29 is 22.3 Å². The standard InChI is InChI=1S/C28H23FN4O4S/c1-16-25(32-14-18(13-30)6-9-26(32)31-16)15-33-24-12-20(11-23(29)27(24)37-17(2)28(33)34)19-4-3-5-22(10-19)38(35,36)21-7-8-21/h3-6,9-12,14,17,21H,7-8,15H2,1-2H3/t17-/m1/s1. The number of rotatable bonds is 5. The molecular formula is C28H23FN4O4S. The molecule has 2 aromatic carbocycles. The molecule has 3 heterocycles. The fourth-order valence-electron chi connectivity index (χ4n) is 4.83. The van der Waals surface area contributed by atoms with Crippen LogP contribution in [0.3, 0.4) is 0 Å². The number of ether oxygens (including phenoxy) is 1. The van der Waals surface area contributed by atoms with Crippen LogP contribution in [0.1, 0.15) is 36.7 Å². The van der Waals surface area contributed by atoms with Crippen LogP contribution >= 0.6 is 0 Å². The summed E-state index contributed by atoms with van der Waals surface area (Å²) in [5.74, 6) is -1.06. The number of amides is 1. The van der Waals surface area contributed by atoms with Gasteiger partial charge >= 0.3 is 0 Å². The molecule has 0 spiro atoms. The van der Waals surface area contributed by atoms with Crippen molar-refractivity contribution in [1.29, 1.82) is 5.26 Å². The van der Waals surface area contributed by atoms with Crippen molar-refractivity contribution in [3.8, 4) is 22.9 Å². The molecule has 1 fully saturated rings. The van der Waals surface area contributed by atoms with Crippen molar-refractivity contribution in [1.82, 2.24) is 9.38 Å². The molecule has 0 unspecified atom stereocenters. The molecule has 38 heavy (non-hydrogen) atoms. The van der Waals surface area contributed by atoms with Crippen molar-refractivity contribution in [2.75, 3.05) is 4.90 Å². The lowest BCUT2D eigenvalue weighted by atomic mass is 10.0. The quantitative estimate of drug-likeness (QED) is 0.374. The average molecular weight is 531 g/mol. The first kappa shape index (κ1) is 24.1. The Morgan fingerprint density at radius 2 is 1.95 bits per heavy atom. The average Bonchev–Trinajstić information content (AvgIpc) is 3.72. The maximum atomic E-state index is 15.4. The van der Waals surface area contributed by atoms with Gasteiger partial charge in [0.1, 0.15) is 11.7 Å². The maximum absolute atomic E-state index is 15.4. The van der Waals surface area contributed by atoms with Gasteiger partial charge in [0.25, 0.3) is 5.91 Å². The van der Waals surface area contributed by atoms with Crippen LogP contribution in [-0.2, 0) is 21.2 Å². The predicted octanol–water partition coefficient (Wildman–Crippen LogP) is 4.57. The number of benzene rings is 2. The van der Waals surface area contributed by atoms with Gasteiger partial charge in [-0.05, 0) is 74.2 Å². The lowest BCUT2D eigenvalue weighted by Gasteiger charge is -2.33. The highest BCUT2D eigenvalue weighted by atomic mass is 32.2. The van der Waals surface area contributed by atoms with Crippen molar-refractivity contribution >= 4 is 27.1 Å². The number of imidazole rings is 1. The summed E-state index contributed by atoms with van der Waals surface area (Å²) in [5, 5.41) is 8.99. The number of pyridine rings is 1. The Labute approximate surface area is 218 Å². The number of anilines is 1. The Kier molecular flexibility index (Phi) is 5.50. The Balaban J connectivity index is 1.46.